The zero-order valence-electron chi connectivity index (χ0n) is 16.2. The van der Waals surface area contributed by atoms with Gasteiger partial charge in [-0.05, 0) is 65.6 Å². The molecule has 4 aromatic rings. The van der Waals surface area contributed by atoms with Gasteiger partial charge in [-0.15, -0.1) is 0 Å². The number of benzene rings is 3. The Bertz CT molecular complexity index is 1170. The summed E-state index contributed by atoms with van der Waals surface area (Å²) in [5.41, 5.74) is 11.7. The van der Waals surface area contributed by atoms with Gasteiger partial charge in [-0.2, -0.15) is 0 Å². The van der Waals surface area contributed by atoms with Crippen LogP contribution in [0.5, 0.6) is 5.75 Å². The van der Waals surface area contributed by atoms with Crippen molar-refractivity contribution in [2.75, 3.05) is 12.8 Å². The second-order valence-electron chi connectivity index (χ2n) is 7.18. The largest absolute Gasteiger partial charge is 0.497 e. The van der Waals surface area contributed by atoms with Crippen molar-refractivity contribution in [3.63, 3.8) is 0 Å². The van der Waals surface area contributed by atoms with Gasteiger partial charge in [0.05, 0.1) is 19.2 Å². The van der Waals surface area contributed by atoms with Crippen LogP contribution in [0, 0.1) is 6.92 Å². The van der Waals surface area contributed by atoms with Crippen LogP contribution < -0.4 is 10.5 Å². The fourth-order valence-corrected chi connectivity index (χ4v) is 3.73. The Labute approximate surface area is 164 Å². The van der Waals surface area contributed by atoms with Crippen molar-refractivity contribution < 1.29 is 9.84 Å². The molecule has 4 rings (SSSR count). The molecule has 0 fully saturated rings. The molecule has 0 saturated heterocycles. The number of hydrogen-bond acceptors (Lipinski definition) is 4. The summed E-state index contributed by atoms with van der Waals surface area (Å²) in [6.07, 6.45) is 1.91. The van der Waals surface area contributed by atoms with Gasteiger partial charge in [0, 0.05) is 10.8 Å². The van der Waals surface area contributed by atoms with Crippen LogP contribution in [0.4, 0.5) is 5.82 Å². The number of anilines is 1. The minimum atomic E-state index is -0.00316. The lowest BCUT2D eigenvalue weighted by atomic mass is 9.97. The average Bonchev–Trinajstić information content (AvgIpc) is 2.72. The van der Waals surface area contributed by atoms with E-state index >= 15 is 0 Å². The monoisotopic (exact) mass is 372 g/mol. The van der Waals surface area contributed by atoms with Crippen molar-refractivity contribution in [3.8, 4) is 5.75 Å². The highest BCUT2D eigenvalue weighted by Crippen LogP contribution is 2.30. The fraction of sp³-hybridized carbons (Fsp3) is 0.208. The summed E-state index contributed by atoms with van der Waals surface area (Å²) >= 11 is 0. The van der Waals surface area contributed by atoms with Crippen molar-refractivity contribution >= 4 is 27.5 Å². The van der Waals surface area contributed by atoms with Gasteiger partial charge in [-0.25, -0.2) is 4.98 Å². The van der Waals surface area contributed by atoms with Crippen LogP contribution in [0.25, 0.3) is 21.7 Å². The summed E-state index contributed by atoms with van der Waals surface area (Å²) < 4.78 is 5.30. The molecule has 0 unspecified atom stereocenters. The van der Waals surface area contributed by atoms with Crippen molar-refractivity contribution in [2.24, 2.45) is 0 Å². The van der Waals surface area contributed by atoms with E-state index in [0.717, 1.165) is 45.8 Å². The topological polar surface area (TPSA) is 68.4 Å². The molecule has 4 heteroatoms. The first-order chi connectivity index (χ1) is 13.6. The van der Waals surface area contributed by atoms with Gasteiger partial charge in [-0.3, -0.25) is 0 Å². The Morgan fingerprint density at radius 3 is 2.43 bits per heavy atom. The molecule has 1 heterocycles. The third kappa shape index (κ3) is 3.39. The van der Waals surface area contributed by atoms with E-state index in [4.69, 9.17) is 10.5 Å². The molecule has 0 saturated carbocycles. The van der Waals surface area contributed by atoms with Crippen LogP contribution in [-0.4, -0.2) is 17.2 Å². The van der Waals surface area contributed by atoms with Gasteiger partial charge in [-0.1, -0.05) is 36.4 Å². The normalized spacial score (nSPS) is 11.2. The van der Waals surface area contributed by atoms with Crippen molar-refractivity contribution in [3.05, 3.63) is 76.9 Å². The minimum Gasteiger partial charge on any atom is -0.497 e. The Balaban J connectivity index is 1.69. The van der Waals surface area contributed by atoms with E-state index in [-0.39, 0.29) is 6.61 Å². The lowest BCUT2D eigenvalue weighted by Gasteiger charge is -2.11. The Morgan fingerprint density at radius 1 is 0.893 bits per heavy atom. The van der Waals surface area contributed by atoms with Crippen LogP contribution in [0.15, 0.2) is 54.6 Å². The lowest BCUT2D eigenvalue weighted by molar-refractivity contribution is 0.282. The van der Waals surface area contributed by atoms with Crippen LogP contribution in [0.1, 0.15) is 22.3 Å². The number of pyridine rings is 1. The molecule has 4 nitrogen and oxygen atoms in total. The lowest BCUT2D eigenvalue weighted by Crippen LogP contribution is -1.97. The van der Waals surface area contributed by atoms with E-state index in [1.54, 1.807) is 7.11 Å². The number of aryl methyl sites for hydroxylation is 3. The summed E-state index contributed by atoms with van der Waals surface area (Å²) in [5.74, 6) is 1.42. The maximum atomic E-state index is 9.39. The van der Waals surface area contributed by atoms with E-state index in [1.165, 1.54) is 16.7 Å². The van der Waals surface area contributed by atoms with Crippen LogP contribution >= 0.6 is 0 Å². The standard InChI is InChI=1S/C24H24N2O2/c1-15-11-19(28-2)8-7-18(15)6-3-16-4-10-21-22(12-16)20-9-5-17(14-27)13-23(20)26-24(21)25/h4-5,7-13,27H,3,6,14H2,1-2H3,(H2,25,26). The minimum absolute atomic E-state index is 0.00316. The average molecular weight is 372 g/mol. The Morgan fingerprint density at radius 2 is 1.68 bits per heavy atom. The first-order valence-electron chi connectivity index (χ1n) is 9.44. The molecule has 0 aliphatic rings. The number of ether oxygens (including phenoxy) is 1. The van der Waals surface area contributed by atoms with Crippen LogP contribution in [0.3, 0.4) is 0 Å². The van der Waals surface area contributed by atoms with Crippen LogP contribution in [0.2, 0.25) is 0 Å². The molecule has 1 aromatic heterocycles. The zero-order chi connectivity index (χ0) is 19.7. The van der Waals surface area contributed by atoms with E-state index in [9.17, 15) is 5.11 Å². The van der Waals surface area contributed by atoms with Gasteiger partial charge >= 0.3 is 0 Å². The molecule has 142 valence electrons. The van der Waals surface area contributed by atoms with Gasteiger partial charge in [0.25, 0.3) is 0 Å². The number of aliphatic hydroxyl groups is 1. The highest BCUT2D eigenvalue weighted by molar-refractivity contribution is 6.10. The fourth-order valence-electron chi connectivity index (χ4n) is 3.73. The summed E-state index contributed by atoms with van der Waals surface area (Å²) in [5, 5.41) is 12.5. The molecule has 0 amide bonds. The molecule has 0 aliphatic heterocycles. The molecule has 0 radical (unpaired) electrons. The van der Waals surface area contributed by atoms with E-state index < -0.39 is 0 Å². The summed E-state index contributed by atoms with van der Waals surface area (Å²) in [7, 11) is 1.69. The van der Waals surface area contributed by atoms with Gasteiger partial charge in [0.15, 0.2) is 0 Å². The smallest absolute Gasteiger partial charge is 0.131 e. The first-order valence-corrected chi connectivity index (χ1v) is 9.44. The number of fused-ring (bicyclic) bond motifs is 3. The van der Waals surface area contributed by atoms with Gasteiger partial charge in [0.2, 0.25) is 0 Å². The number of hydrogen-bond donors (Lipinski definition) is 2. The molecule has 28 heavy (non-hydrogen) atoms. The van der Waals surface area contributed by atoms with Gasteiger partial charge < -0.3 is 15.6 Å². The van der Waals surface area contributed by atoms with Gasteiger partial charge in [0.1, 0.15) is 11.6 Å². The second-order valence-corrected chi connectivity index (χ2v) is 7.18. The van der Waals surface area contributed by atoms with Crippen molar-refractivity contribution in [1.29, 1.82) is 0 Å². The number of nitrogens with two attached hydrogens (primary N) is 1. The zero-order valence-corrected chi connectivity index (χ0v) is 16.2. The Kier molecular flexibility index (Phi) is 4.88. The number of nitrogen functional groups attached to an aromatic ring is 1. The number of methoxy groups -OCH3 is 1. The summed E-state index contributed by atoms with van der Waals surface area (Å²) in [4.78, 5) is 4.52. The third-order valence-corrected chi connectivity index (χ3v) is 5.37. The SMILES string of the molecule is COc1ccc(CCc2ccc3c(N)nc4cc(CO)ccc4c3c2)c(C)c1. The molecule has 0 aliphatic carbocycles. The molecule has 0 atom stereocenters. The molecule has 0 bridgehead atoms. The maximum Gasteiger partial charge on any atom is 0.131 e. The highest BCUT2D eigenvalue weighted by Gasteiger charge is 2.09. The van der Waals surface area contributed by atoms with Crippen molar-refractivity contribution in [2.45, 2.75) is 26.4 Å². The molecule has 0 spiro atoms. The molecule has 3 aromatic carbocycles. The van der Waals surface area contributed by atoms with Crippen molar-refractivity contribution in [1.82, 2.24) is 4.98 Å². The maximum absolute atomic E-state index is 9.39. The number of aliphatic hydroxyl groups excluding tert-OH is 1. The molecular weight excluding hydrogens is 348 g/mol. The number of nitrogens with zero attached hydrogens (tertiary/aromatic N) is 1. The summed E-state index contributed by atoms with van der Waals surface area (Å²) in [6.45, 7) is 2.12. The number of rotatable bonds is 5. The highest BCUT2D eigenvalue weighted by atomic mass is 16.5. The summed E-state index contributed by atoms with van der Waals surface area (Å²) in [6, 6.07) is 18.5. The van der Waals surface area contributed by atoms with E-state index in [0.29, 0.717) is 5.82 Å². The second kappa shape index (κ2) is 7.49. The molecule has 3 N–H and O–H groups in total. The van der Waals surface area contributed by atoms with E-state index in [2.05, 4.69) is 42.2 Å². The third-order valence-electron chi connectivity index (χ3n) is 5.37. The number of aromatic nitrogens is 1. The van der Waals surface area contributed by atoms with E-state index in [1.807, 2.05) is 24.3 Å². The molecular formula is C24H24N2O2. The Hall–Kier alpha value is -3.11. The predicted molar refractivity (Wildman–Crippen MR) is 115 cm³/mol. The van der Waals surface area contributed by atoms with Crippen LogP contribution in [-0.2, 0) is 19.4 Å². The predicted octanol–water partition coefficient (Wildman–Crippen LogP) is 4.56. The quantitative estimate of drug-likeness (QED) is 0.504. The first kappa shape index (κ1) is 18.3.